The van der Waals surface area contributed by atoms with Crippen molar-refractivity contribution in [2.24, 2.45) is 0 Å². The number of methoxy groups -OCH3 is 1. The van der Waals surface area contributed by atoms with Gasteiger partial charge in [0.1, 0.15) is 6.61 Å². The number of piperidine rings is 1. The second-order valence-electron chi connectivity index (χ2n) is 5.04. The summed E-state index contributed by atoms with van der Waals surface area (Å²) >= 11 is 3.38. The zero-order chi connectivity index (χ0) is 15.2. The summed E-state index contributed by atoms with van der Waals surface area (Å²) in [6, 6.07) is 7.46. The van der Waals surface area contributed by atoms with Gasteiger partial charge in [-0.3, -0.25) is 9.59 Å². The zero-order valence-electron chi connectivity index (χ0n) is 12.0. The Labute approximate surface area is 132 Å². The van der Waals surface area contributed by atoms with E-state index in [1.807, 2.05) is 18.2 Å². The molecule has 1 aromatic rings. The summed E-state index contributed by atoms with van der Waals surface area (Å²) < 4.78 is 5.64. The Morgan fingerprint density at radius 3 is 2.62 bits per heavy atom. The third kappa shape index (κ3) is 4.28. The Kier molecular flexibility index (Phi) is 5.76. The molecule has 1 heterocycles. The molecule has 114 valence electrons. The van der Waals surface area contributed by atoms with Gasteiger partial charge in [-0.2, -0.15) is 0 Å². The van der Waals surface area contributed by atoms with Crippen molar-refractivity contribution in [2.45, 2.75) is 18.9 Å². The van der Waals surface area contributed by atoms with E-state index >= 15 is 0 Å². The van der Waals surface area contributed by atoms with Crippen LogP contribution in [0.2, 0.25) is 0 Å². The Morgan fingerprint density at radius 2 is 2.00 bits per heavy atom. The van der Waals surface area contributed by atoms with Gasteiger partial charge in [-0.1, -0.05) is 12.1 Å². The molecule has 1 N–H and O–H groups in total. The molecule has 0 atom stereocenters. The Hall–Kier alpha value is -1.40. The van der Waals surface area contributed by atoms with E-state index in [0.717, 1.165) is 17.3 Å². The lowest BCUT2D eigenvalue weighted by atomic mass is 10.0. The van der Waals surface area contributed by atoms with Crippen molar-refractivity contribution < 1.29 is 14.3 Å². The van der Waals surface area contributed by atoms with Crippen molar-refractivity contribution in [3.8, 4) is 0 Å². The number of hydrogen-bond acceptors (Lipinski definition) is 3. The summed E-state index contributed by atoms with van der Waals surface area (Å²) in [5, 5.41) is 3.03. The fourth-order valence-electron chi connectivity index (χ4n) is 2.40. The van der Waals surface area contributed by atoms with Crippen LogP contribution in [0.15, 0.2) is 28.7 Å². The Morgan fingerprint density at radius 1 is 1.33 bits per heavy atom. The van der Waals surface area contributed by atoms with E-state index < -0.39 is 0 Å². The molecule has 0 bridgehead atoms. The van der Waals surface area contributed by atoms with E-state index in [4.69, 9.17) is 4.74 Å². The zero-order valence-corrected chi connectivity index (χ0v) is 13.6. The van der Waals surface area contributed by atoms with Crippen LogP contribution in [-0.2, 0) is 9.53 Å². The maximum atomic E-state index is 12.2. The van der Waals surface area contributed by atoms with E-state index in [-0.39, 0.29) is 24.5 Å². The van der Waals surface area contributed by atoms with Crippen LogP contribution in [0, 0.1) is 0 Å². The number of carbonyl (C=O) groups is 2. The van der Waals surface area contributed by atoms with E-state index in [1.165, 1.54) is 7.11 Å². The lowest BCUT2D eigenvalue weighted by molar-refractivity contribution is -0.136. The van der Waals surface area contributed by atoms with Crippen molar-refractivity contribution in [1.82, 2.24) is 10.2 Å². The van der Waals surface area contributed by atoms with E-state index in [1.54, 1.807) is 11.0 Å². The van der Waals surface area contributed by atoms with Crippen LogP contribution < -0.4 is 5.32 Å². The van der Waals surface area contributed by atoms with Crippen LogP contribution >= 0.6 is 15.9 Å². The summed E-state index contributed by atoms with van der Waals surface area (Å²) in [7, 11) is 1.52. The molecule has 1 aliphatic rings. The highest BCUT2D eigenvalue weighted by Crippen LogP contribution is 2.17. The van der Waals surface area contributed by atoms with Crippen molar-refractivity contribution in [3.05, 3.63) is 34.3 Å². The van der Waals surface area contributed by atoms with Crippen molar-refractivity contribution in [3.63, 3.8) is 0 Å². The number of nitrogens with one attached hydrogen (secondary N) is 1. The maximum absolute atomic E-state index is 12.2. The van der Waals surface area contributed by atoms with Gasteiger partial charge in [0, 0.05) is 30.7 Å². The second kappa shape index (κ2) is 7.56. The molecule has 21 heavy (non-hydrogen) atoms. The summed E-state index contributed by atoms with van der Waals surface area (Å²) in [6.07, 6.45) is 1.54. The van der Waals surface area contributed by atoms with Gasteiger partial charge in [0.25, 0.3) is 5.91 Å². The molecule has 0 aromatic heterocycles. The summed E-state index contributed by atoms with van der Waals surface area (Å²) in [6.45, 7) is 1.43. The van der Waals surface area contributed by atoms with Crippen LogP contribution in [0.3, 0.4) is 0 Å². The topological polar surface area (TPSA) is 58.6 Å². The number of ether oxygens (including phenoxy) is 1. The molecule has 5 nitrogen and oxygen atoms in total. The third-order valence-corrected chi connectivity index (χ3v) is 4.26. The molecule has 0 saturated carbocycles. The standard InChI is InChI=1S/C15H19BrN2O3/c1-21-10-14(19)18-8-6-11(7-9-18)17-15(20)12-4-2-3-5-13(12)16/h2-5,11H,6-10H2,1H3,(H,17,20). The van der Waals surface area contributed by atoms with E-state index in [0.29, 0.717) is 18.7 Å². The first-order valence-electron chi connectivity index (χ1n) is 6.94. The molecule has 1 aliphatic heterocycles. The van der Waals surface area contributed by atoms with Crippen molar-refractivity contribution in [2.75, 3.05) is 26.8 Å². The molecule has 0 aliphatic carbocycles. The molecular weight excluding hydrogens is 336 g/mol. The highest BCUT2D eigenvalue weighted by molar-refractivity contribution is 9.10. The molecule has 0 radical (unpaired) electrons. The number of nitrogens with zero attached hydrogens (tertiary/aromatic N) is 1. The number of halogens is 1. The fourth-order valence-corrected chi connectivity index (χ4v) is 2.86. The minimum Gasteiger partial charge on any atom is -0.375 e. The van der Waals surface area contributed by atoms with Crippen LogP contribution in [0.25, 0.3) is 0 Å². The minimum absolute atomic E-state index is 0.00748. The lowest BCUT2D eigenvalue weighted by Crippen LogP contribution is -2.47. The predicted octanol–water partition coefficient (Wildman–Crippen LogP) is 1.82. The quantitative estimate of drug-likeness (QED) is 0.896. The summed E-state index contributed by atoms with van der Waals surface area (Å²) in [5.41, 5.74) is 0.635. The van der Waals surface area contributed by atoms with Crippen LogP contribution in [0.5, 0.6) is 0 Å². The van der Waals surface area contributed by atoms with Crippen molar-refractivity contribution >= 4 is 27.7 Å². The van der Waals surface area contributed by atoms with Gasteiger partial charge in [-0.05, 0) is 40.9 Å². The highest BCUT2D eigenvalue weighted by atomic mass is 79.9. The number of likely N-dealkylation sites (tertiary alicyclic amines) is 1. The van der Waals surface area contributed by atoms with E-state index in [9.17, 15) is 9.59 Å². The minimum atomic E-state index is -0.0795. The normalized spacial score (nSPS) is 15.8. The van der Waals surface area contributed by atoms with Gasteiger partial charge in [-0.25, -0.2) is 0 Å². The molecule has 2 rings (SSSR count). The van der Waals surface area contributed by atoms with Crippen LogP contribution in [0.4, 0.5) is 0 Å². The van der Waals surface area contributed by atoms with Gasteiger partial charge < -0.3 is 15.0 Å². The number of rotatable bonds is 4. The molecular formula is C15H19BrN2O3. The van der Waals surface area contributed by atoms with Gasteiger partial charge in [0.15, 0.2) is 0 Å². The second-order valence-corrected chi connectivity index (χ2v) is 5.90. The molecule has 1 aromatic carbocycles. The molecule has 6 heteroatoms. The predicted molar refractivity (Wildman–Crippen MR) is 83.1 cm³/mol. The van der Waals surface area contributed by atoms with Gasteiger partial charge in [0.05, 0.1) is 5.56 Å². The molecule has 0 unspecified atom stereocenters. The first kappa shape index (κ1) is 16.0. The van der Waals surface area contributed by atoms with E-state index in [2.05, 4.69) is 21.2 Å². The summed E-state index contributed by atoms with van der Waals surface area (Å²) in [4.78, 5) is 25.7. The maximum Gasteiger partial charge on any atom is 0.252 e. The number of carbonyl (C=O) groups excluding carboxylic acids is 2. The third-order valence-electron chi connectivity index (χ3n) is 3.57. The van der Waals surface area contributed by atoms with Crippen LogP contribution in [0.1, 0.15) is 23.2 Å². The lowest BCUT2D eigenvalue weighted by Gasteiger charge is -2.32. The monoisotopic (exact) mass is 354 g/mol. The smallest absolute Gasteiger partial charge is 0.252 e. The average molecular weight is 355 g/mol. The largest absolute Gasteiger partial charge is 0.375 e. The Bertz CT molecular complexity index is 513. The van der Waals surface area contributed by atoms with Gasteiger partial charge in [-0.15, -0.1) is 0 Å². The number of amides is 2. The molecule has 1 fully saturated rings. The average Bonchev–Trinajstić information content (AvgIpc) is 2.48. The highest BCUT2D eigenvalue weighted by Gasteiger charge is 2.24. The molecule has 0 spiro atoms. The SMILES string of the molecule is COCC(=O)N1CCC(NC(=O)c2ccccc2Br)CC1. The first-order chi connectivity index (χ1) is 10.1. The van der Waals surface area contributed by atoms with Gasteiger partial charge >= 0.3 is 0 Å². The Balaban J connectivity index is 1.85. The summed E-state index contributed by atoms with van der Waals surface area (Å²) in [5.74, 6) is -0.0720. The van der Waals surface area contributed by atoms with Gasteiger partial charge in [0.2, 0.25) is 5.91 Å². The molecule has 1 saturated heterocycles. The number of hydrogen-bond donors (Lipinski definition) is 1. The fraction of sp³-hybridized carbons (Fsp3) is 0.467. The van der Waals surface area contributed by atoms with Crippen LogP contribution in [-0.4, -0.2) is 49.6 Å². The van der Waals surface area contributed by atoms with Crippen molar-refractivity contribution in [1.29, 1.82) is 0 Å². The molecule has 2 amide bonds. The first-order valence-corrected chi connectivity index (χ1v) is 7.73. The number of benzene rings is 1.